The minimum atomic E-state index is -4.45. The molecule has 0 fully saturated rings. The van der Waals surface area contributed by atoms with Gasteiger partial charge in [0.15, 0.2) is 5.92 Å². The van der Waals surface area contributed by atoms with Crippen molar-refractivity contribution >= 4 is 11.6 Å². The van der Waals surface area contributed by atoms with E-state index in [0.29, 0.717) is 0 Å². The number of alkyl halides is 3. The normalized spacial score (nSPS) is 13.4. The van der Waals surface area contributed by atoms with Crippen molar-refractivity contribution in [2.24, 2.45) is 5.92 Å². The van der Waals surface area contributed by atoms with Crippen molar-refractivity contribution in [3.05, 3.63) is 29.8 Å². The largest absolute Gasteiger partial charge is 0.416 e. The average molecular weight is 286 g/mol. The van der Waals surface area contributed by atoms with Gasteiger partial charge in [-0.2, -0.15) is 18.4 Å². The Hall–Kier alpha value is -2.07. The Morgan fingerprint density at radius 1 is 1.30 bits per heavy atom. The molecule has 0 aliphatic heterocycles. The zero-order valence-electron chi connectivity index (χ0n) is 10.8. The number of rotatable bonds is 3. The van der Waals surface area contributed by atoms with E-state index in [4.69, 9.17) is 5.26 Å². The van der Waals surface area contributed by atoms with Crippen molar-refractivity contribution in [2.75, 3.05) is 5.32 Å². The molecule has 0 heterocycles. The van der Waals surface area contributed by atoms with Crippen LogP contribution in [0.3, 0.4) is 0 Å². The first-order valence-corrected chi connectivity index (χ1v) is 5.66. The summed E-state index contributed by atoms with van der Waals surface area (Å²) in [6.45, 7) is 2.60. The Bertz CT molecular complexity index is 525. The molecule has 2 N–H and O–H groups in total. The summed E-state index contributed by atoms with van der Waals surface area (Å²) >= 11 is 0. The summed E-state index contributed by atoms with van der Waals surface area (Å²) in [4.78, 5) is 11.8. The fourth-order valence-electron chi connectivity index (χ4n) is 1.49. The van der Waals surface area contributed by atoms with Crippen molar-refractivity contribution in [1.82, 2.24) is 0 Å². The van der Waals surface area contributed by atoms with Gasteiger partial charge in [0, 0.05) is 5.69 Å². The zero-order valence-corrected chi connectivity index (χ0v) is 10.8. The van der Waals surface area contributed by atoms with Crippen LogP contribution >= 0.6 is 0 Å². The van der Waals surface area contributed by atoms with E-state index in [1.165, 1.54) is 13.8 Å². The lowest BCUT2D eigenvalue weighted by molar-refractivity contribution is -0.137. The number of carbonyl (C=O) groups is 1. The van der Waals surface area contributed by atoms with E-state index in [0.717, 1.165) is 24.3 Å². The van der Waals surface area contributed by atoms with Gasteiger partial charge in [0.05, 0.1) is 17.2 Å². The Kier molecular flexibility index (Phi) is 4.40. The Labute approximate surface area is 113 Å². The first-order chi connectivity index (χ1) is 9.05. The molecule has 1 amide bonds. The number of nitriles is 1. The van der Waals surface area contributed by atoms with E-state index in [1.54, 1.807) is 6.07 Å². The maximum atomic E-state index is 12.4. The third-order valence-corrected chi connectivity index (χ3v) is 2.58. The second kappa shape index (κ2) is 5.51. The highest BCUT2D eigenvalue weighted by atomic mass is 19.4. The molecule has 0 aliphatic carbocycles. The summed E-state index contributed by atoms with van der Waals surface area (Å²) in [5.74, 6) is -2.11. The number of aliphatic hydroxyl groups is 1. The quantitative estimate of drug-likeness (QED) is 0.896. The van der Waals surface area contributed by atoms with Gasteiger partial charge in [-0.1, -0.05) is 0 Å². The van der Waals surface area contributed by atoms with Crippen LogP contribution in [0.15, 0.2) is 24.3 Å². The van der Waals surface area contributed by atoms with Gasteiger partial charge in [-0.25, -0.2) is 0 Å². The predicted molar refractivity (Wildman–Crippen MR) is 65.5 cm³/mol. The van der Waals surface area contributed by atoms with Gasteiger partial charge in [-0.3, -0.25) is 4.79 Å². The molecule has 0 radical (unpaired) electrons. The second-order valence-corrected chi connectivity index (χ2v) is 4.78. The summed E-state index contributed by atoms with van der Waals surface area (Å²) in [7, 11) is 0. The lowest BCUT2D eigenvalue weighted by Crippen LogP contribution is -2.38. The van der Waals surface area contributed by atoms with Crippen molar-refractivity contribution in [3.63, 3.8) is 0 Å². The Morgan fingerprint density at radius 3 is 2.15 bits per heavy atom. The fraction of sp³-hybridized carbons (Fsp3) is 0.385. The first kappa shape index (κ1) is 16.0. The summed E-state index contributed by atoms with van der Waals surface area (Å²) in [6, 6.07) is 5.46. The average Bonchev–Trinajstić information content (AvgIpc) is 2.27. The van der Waals surface area contributed by atoms with Crippen molar-refractivity contribution < 1.29 is 23.1 Å². The number of nitrogens with one attached hydrogen (secondary N) is 1. The van der Waals surface area contributed by atoms with Crippen LogP contribution in [0.1, 0.15) is 19.4 Å². The van der Waals surface area contributed by atoms with Crippen LogP contribution in [0.5, 0.6) is 0 Å². The highest BCUT2D eigenvalue weighted by Gasteiger charge is 2.34. The molecule has 0 saturated carbocycles. The number of nitrogens with zero attached hydrogens (tertiary/aromatic N) is 1. The highest BCUT2D eigenvalue weighted by molar-refractivity contribution is 5.94. The van der Waals surface area contributed by atoms with Gasteiger partial charge < -0.3 is 10.4 Å². The zero-order chi connectivity index (χ0) is 15.6. The number of hydrogen-bond acceptors (Lipinski definition) is 3. The summed E-state index contributed by atoms with van der Waals surface area (Å²) in [6.07, 6.45) is -4.45. The van der Waals surface area contributed by atoms with Gasteiger partial charge in [0.2, 0.25) is 5.91 Å². The molecule has 1 aromatic carbocycles. The number of carbonyl (C=O) groups excluding carboxylic acids is 1. The van der Waals surface area contributed by atoms with E-state index in [2.05, 4.69) is 5.32 Å². The van der Waals surface area contributed by atoms with E-state index in [1.807, 2.05) is 0 Å². The molecule has 108 valence electrons. The Morgan fingerprint density at radius 2 is 1.80 bits per heavy atom. The number of amides is 1. The number of anilines is 1. The van der Waals surface area contributed by atoms with Crippen LogP contribution < -0.4 is 5.32 Å². The molecular formula is C13H13F3N2O2. The van der Waals surface area contributed by atoms with E-state index in [-0.39, 0.29) is 5.69 Å². The molecule has 1 unspecified atom stereocenters. The van der Waals surface area contributed by atoms with Crippen molar-refractivity contribution in [3.8, 4) is 6.07 Å². The monoisotopic (exact) mass is 286 g/mol. The Balaban J connectivity index is 2.85. The van der Waals surface area contributed by atoms with Gasteiger partial charge in [0.1, 0.15) is 0 Å². The third-order valence-electron chi connectivity index (χ3n) is 2.58. The molecule has 0 aromatic heterocycles. The van der Waals surface area contributed by atoms with Crippen LogP contribution in [0, 0.1) is 17.2 Å². The van der Waals surface area contributed by atoms with Gasteiger partial charge in [-0.05, 0) is 38.1 Å². The molecule has 0 spiro atoms. The molecule has 1 aromatic rings. The number of benzene rings is 1. The maximum Gasteiger partial charge on any atom is 0.416 e. The fourth-order valence-corrected chi connectivity index (χ4v) is 1.49. The molecule has 0 aliphatic rings. The summed E-state index contributed by atoms with van der Waals surface area (Å²) in [5.41, 5.74) is -2.27. The number of hydrogen-bond donors (Lipinski definition) is 2. The maximum absolute atomic E-state index is 12.4. The minimum absolute atomic E-state index is 0.118. The molecule has 1 rings (SSSR count). The molecular weight excluding hydrogens is 273 g/mol. The topological polar surface area (TPSA) is 73.1 Å². The van der Waals surface area contributed by atoms with E-state index >= 15 is 0 Å². The third kappa shape index (κ3) is 3.96. The van der Waals surface area contributed by atoms with Gasteiger partial charge in [-0.15, -0.1) is 0 Å². The van der Waals surface area contributed by atoms with Crippen LogP contribution in [-0.4, -0.2) is 16.6 Å². The van der Waals surface area contributed by atoms with Crippen LogP contribution in [0.2, 0.25) is 0 Å². The lowest BCUT2D eigenvalue weighted by atomic mass is 9.91. The van der Waals surface area contributed by atoms with Gasteiger partial charge in [0.25, 0.3) is 0 Å². The molecule has 20 heavy (non-hydrogen) atoms. The van der Waals surface area contributed by atoms with Crippen LogP contribution in [0.25, 0.3) is 0 Å². The van der Waals surface area contributed by atoms with Crippen molar-refractivity contribution in [2.45, 2.75) is 25.6 Å². The minimum Gasteiger partial charge on any atom is -0.389 e. The smallest absolute Gasteiger partial charge is 0.389 e. The SMILES string of the molecule is CC(C)(O)C(C#N)C(=O)Nc1ccc(C(F)(F)F)cc1. The molecule has 0 bridgehead atoms. The molecule has 1 atom stereocenters. The van der Waals surface area contributed by atoms with E-state index < -0.39 is 29.2 Å². The lowest BCUT2D eigenvalue weighted by Gasteiger charge is -2.22. The molecule has 4 nitrogen and oxygen atoms in total. The molecule has 0 saturated heterocycles. The van der Waals surface area contributed by atoms with Crippen molar-refractivity contribution in [1.29, 1.82) is 5.26 Å². The summed E-state index contributed by atoms with van der Waals surface area (Å²) in [5, 5.41) is 20.8. The van der Waals surface area contributed by atoms with E-state index in [9.17, 15) is 23.1 Å². The van der Waals surface area contributed by atoms with Crippen LogP contribution in [0.4, 0.5) is 18.9 Å². The van der Waals surface area contributed by atoms with Crippen LogP contribution in [-0.2, 0) is 11.0 Å². The van der Waals surface area contributed by atoms with Gasteiger partial charge >= 0.3 is 6.18 Å². The first-order valence-electron chi connectivity index (χ1n) is 5.66. The summed E-state index contributed by atoms with van der Waals surface area (Å²) < 4.78 is 37.1. The standard InChI is InChI=1S/C13H13F3N2O2/c1-12(2,20)10(7-17)11(19)18-9-5-3-8(4-6-9)13(14,15)16/h3-6,10,20H,1-2H3,(H,18,19). The second-order valence-electron chi connectivity index (χ2n) is 4.78. The highest BCUT2D eigenvalue weighted by Crippen LogP contribution is 2.30. The predicted octanol–water partition coefficient (Wildman–Crippen LogP) is 2.55. The number of halogens is 3. The molecule has 7 heteroatoms.